The Morgan fingerprint density at radius 2 is 1.57 bits per heavy atom. The van der Waals surface area contributed by atoms with Crippen molar-refractivity contribution in [2.45, 2.75) is 97.5 Å². The van der Waals surface area contributed by atoms with E-state index < -0.39 is 0 Å². The van der Waals surface area contributed by atoms with E-state index in [0.717, 1.165) is 47.8 Å². The minimum Gasteiger partial charge on any atom is -0.459 e. The van der Waals surface area contributed by atoms with Gasteiger partial charge in [-0.2, -0.15) is 0 Å². The highest BCUT2D eigenvalue weighted by molar-refractivity contribution is 5.74. The molecule has 2 heteroatoms. The number of hydrogen-bond acceptors (Lipinski definition) is 2. The van der Waals surface area contributed by atoms with Crippen LogP contribution in [0.5, 0.6) is 0 Å². The zero-order valence-corrected chi connectivity index (χ0v) is 18.7. The first-order valence-corrected chi connectivity index (χ1v) is 12.6. The van der Waals surface area contributed by atoms with Crippen LogP contribution in [0.15, 0.2) is 0 Å². The predicted octanol–water partition coefficient (Wildman–Crippen LogP) is 6.48. The summed E-state index contributed by atoms with van der Waals surface area (Å²) in [5.74, 6) is 7.63. The van der Waals surface area contributed by atoms with Crippen LogP contribution in [0.1, 0.15) is 91.9 Å². The Morgan fingerprint density at radius 3 is 2.36 bits per heavy atom. The Morgan fingerprint density at radius 1 is 0.821 bits per heavy atom. The fraction of sp³-hybridized carbons (Fsp3) is 0.962. The lowest BCUT2D eigenvalue weighted by Gasteiger charge is -2.45. The summed E-state index contributed by atoms with van der Waals surface area (Å²) in [6, 6.07) is 0. The van der Waals surface area contributed by atoms with Gasteiger partial charge < -0.3 is 4.74 Å². The van der Waals surface area contributed by atoms with Gasteiger partial charge in [-0.05, 0) is 106 Å². The van der Waals surface area contributed by atoms with Crippen molar-refractivity contribution in [2.24, 2.45) is 59.2 Å². The molecule has 10 atom stereocenters. The maximum absolute atomic E-state index is 13.3. The van der Waals surface area contributed by atoms with Gasteiger partial charge in [0.15, 0.2) is 0 Å². The molecule has 5 aliphatic carbocycles. The predicted molar refractivity (Wildman–Crippen MR) is 113 cm³/mol. The Hall–Kier alpha value is -0.530. The standard InChI is InChI=1S/C26H42O2/c1-15-11-22-21-13-19(24(22)16(15)2)14-23(21)25(27)28-26(3,4)20-10-9-17-7-5-6-8-18(17)12-20/h15-24H,5-14H2,1-4H3. The summed E-state index contributed by atoms with van der Waals surface area (Å²) in [6.45, 7) is 9.33. The van der Waals surface area contributed by atoms with Crippen LogP contribution in [0.4, 0.5) is 0 Å². The van der Waals surface area contributed by atoms with Gasteiger partial charge in [0.2, 0.25) is 0 Å². The molecule has 28 heavy (non-hydrogen) atoms. The molecule has 5 aliphatic rings. The molecule has 2 nitrogen and oxygen atoms in total. The molecule has 0 aliphatic heterocycles. The Kier molecular flexibility index (Phi) is 4.87. The molecule has 0 heterocycles. The first-order chi connectivity index (χ1) is 13.3. The third kappa shape index (κ3) is 3.07. The molecule has 0 amide bonds. The average Bonchev–Trinajstić information content (AvgIpc) is 3.33. The SMILES string of the molecule is CC1CC2C3CC(CC3C(=O)OC(C)(C)C3CCC4CCCCC4C3)C2C1C. The molecule has 0 spiro atoms. The quantitative estimate of drug-likeness (QED) is 0.519. The summed E-state index contributed by atoms with van der Waals surface area (Å²) < 4.78 is 6.36. The summed E-state index contributed by atoms with van der Waals surface area (Å²) in [6.07, 6.45) is 13.4. The zero-order valence-electron chi connectivity index (χ0n) is 18.7. The number of carbonyl (C=O) groups is 1. The Balaban J connectivity index is 1.22. The van der Waals surface area contributed by atoms with Gasteiger partial charge in [0.05, 0.1) is 5.92 Å². The molecule has 0 aromatic carbocycles. The van der Waals surface area contributed by atoms with Gasteiger partial charge in [-0.15, -0.1) is 0 Å². The van der Waals surface area contributed by atoms with Crippen LogP contribution in [0, 0.1) is 59.2 Å². The van der Waals surface area contributed by atoms with E-state index in [2.05, 4.69) is 27.7 Å². The van der Waals surface area contributed by atoms with E-state index in [4.69, 9.17) is 4.74 Å². The minimum atomic E-state index is -0.281. The first kappa shape index (κ1) is 19.4. The zero-order chi connectivity index (χ0) is 19.6. The molecule has 0 aromatic rings. The van der Waals surface area contributed by atoms with Crippen molar-refractivity contribution < 1.29 is 9.53 Å². The van der Waals surface area contributed by atoms with Crippen molar-refractivity contribution in [3.8, 4) is 0 Å². The van der Waals surface area contributed by atoms with Gasteiger partial charge in [-0.3, -0.25) is 4.79 Å². The number of esters is 1. The highest BCUT2D eigenvalue weighted by Gasteiger charge is 2.60. The lowest BCUT2D eigenvalue weighted by atomic mass is 9.64. The van der Waals surface area contributed by atoms with Gasteiger partial charge in [0, 0.05) is 0 Å². The molecule has 5 fully saturated rings. The molecule has 2 bridgehead atoms. The van der Waals surface area contributed by atoms with Crippen LogP contribution in [-0.4, -0.2) is 11.6 Å². The van der Waals surface area contributed by atoms with Gasteiger partial charge >= 0.3 is 5.97 Å². The van der Waals surface area contributed by atoms with E-state index in [1.807, 2.05) is 0 Å². The normalized spacial score (nSPS) is 50.3. The third-order valence-electron chi connectivity index (χ3n) is 10.6. The highest BCUT2D eigenvalue weighted by Crippen LogP contribution is 2.64. The van der Waals surface area contributed by atoms with Crippen molar-refractivity contribution in [2.75, 3.05) is 0 Å². The Bertz CT molecular complexity index is 610. The molecular weight excluding hydrogens is 344 g/mol. The summed E-state index contributed by atoms with van der Waals surface area (Å²) in [4.78, 5) is 13.3. The molecule has 0 aromatic heterocycles. The fourth-order valence-corrected chi connectivity index (χ4v) is 8.90. The maximum Gasteiger partial charge on any atom is 0.309 e. The van der Waals surface area contributed by atoms with Crippen LogP contribution in [0.2, 0.25) is 0 Å². The summed E-state index contributed by atoms with van der Waals surface area (Å²) >= 11 is 0. The average molecular weight is 387 g/mol. The van der Waals surface area contributed by atoms with Gasteiger partial charge in [0.25, 0.3) is 0 Å². The largest absolute Gasteiger partial charge is 0.459 e. The number of ether oxygens (including phenoxy) is 1. The molecule has 10 unspecified atom stereocenters. The van der Waals surface area contributed by atoms with E-state index in [-0.39, 0.29) is 17.5 Å². The summed E-state index contributed by atoms with van der Waals surface area (Å²) in [7, 11) is 0. The molecule has 5 rings (SSSR count). The van der Waals surface area contributed by atoms with E-state index in [0.29, 0.717) is 11.8 Å². The van der Waals surface area contributed by atoms with Crippen molar-refractivity contribution in [1.82, 2.24) is 0 Å². The van der Waals surface area contributed by atoms with Crippen molar-refractivity contribution >= 4 is 5.97 Å². The van der Waals surface area contributed by atoms with Crippen molar-refractivity contribution in [3.63, 3.8) is 0 Å². The maximum atomic E-state index is 13.3. The monoisotopic (exact) mass is 386 g/mol. The molecular formula is C26H42O2. The Labute approximate surface area is 172 Å². The molecule has 158 valence electrons. The van der Waals surface area contributed by atoms with Crippen LogP contribution in [0.3, 0.4) is 0 Å². The lowest BCUT2D eigenvalue weighted by Crippen LogP contribution is -2.44. The summed E-state index contributed by atoms with van der Waals surface area (Å²) in [5, 5.41) is 0. The van der Waals surface area contributed by atoms with Crippen LogP contribution >= 0.6 is 0 Å². The second-order valence-corrected chi connectivity index (χ2v) is 12.2. The van der Waals surface area contributed by atoms with Crippen LogP contribution in [-0.2, 0) is 9.53 Å². The first-order valence-electron chi connectivity index (χ1n) is 12.6. The number of hydrogen-bond donors (Lipinski definition) is 0. The topological polar surface area (TPSA) is 26.3 Å². The van der Waals surface area contributed by atoms with Crippen molar-refractivity contribution in [1.29, 1.82) is 0 Å². The third-order valence-corrected chi connectivity index (χ3v) is 10.6. The van der Waals surface area contributed by atoms with Crippen molar-refractivity contribution in [3.05, 3.63) is 0 Å². The van der Waals surface area contributed by atoms with E-state index in [1.54, 1.807) is 0 Å². The highest BCUT2D eigenvalue weighted by atomic mass is 16.6. The second kappa shape index (κ2) is 7.02. The molecule has 5 saturated carbocycles. The molecule has 0 radical (unpaired) electrons. The van der Waals surface area contributed by atoms with Gasteiger partial charge in [-0.1, -0.05) is 39.5 Å². The van der Waals surface area contributed by atoms with E-state index >= 15 is 0 Å². The minimum absolute atomic E-state index is 0.161. The lowest BCUT2D eigenvalue weighted by molar-refractivity contribution is -0.172. The molecule has 0 N–H and O–H groups in total. The second-order valence-electron chi connectivity index (χ2n) is 12.2. The van der Waals surface area contributed by atoms with Gasteiger partial charge in [-0.25, -0.2) is 0 Å². The van der Waals surface area contributed by atoms with Gasteiger partial charge in [0.1, 0.15) is 5.60 Å². The van der Waals surface area contributed by atoms with E-state index in [1.165, 1.54) is 57.8 Å². The molecule has 0 saturated heterocycles. The number of carbonyl (C=O) groups excluding carboxylic acids is 1. The van der Waals surface area contributed by atoms with E-state index in [9.17, 15) is 4.79 Å². The summed E-state index contributed by atoms with van der Waals surface area (Å²) in [5.41, 5.74) is -0.281. The number of fused-ring (bicyclic) bond motifs is 6. The van der Waals surface area contributed by atoms with Crippen LogP contribution < -0.4 is 0 Å². The van der Waals surface area contributed by atoms with Crippen LogP contribution in [0.25, 0.3) is 0 Å². The fourth-order valence-electron chi connectivity index (χ4n) is 8.90. The number of rotatable bonds is 3. The smallest absolute Gasteiger partial charge is 0.309 e.